The molecule has 6 heteroatoms. The van der Waals surface area contributed by atoms with Crippen molar-refractivity contribution in [3.8, 4) is 5.75 Å². The molecule has 0 spiro atoms. The van der Waals surface area contributed by atoms with Crippen molar-refractivity contribution >= 4 is 34.1 Å². The van der Waals surface area contributed by atoms with Crippen LogP contribution in [0.25, 0.3) is 10.8 Å². The van der Waals surface area contributed by atoms with Crippen LogP contribution in [0.4, 0.5) is 5.69 Å². The number of benzene rings is 3. The molecule has 0 heterocycles. The zero-order valence-electron chi connectivity index (χ0n) is 15.5. The maximum absolute atomic E-state index is 12.4. The molecule has 0 aliphatic heterocycles. The number of anilines is 1. The average Bonchev–Trinajstić information content (AvgIpc) is 2.71. The van der Waals surface area contributed by atoms with Crippen molar-refractivity contribution in [3.05, 3.63) is 71.8 Å². The van der Waals surface area contributed by atoms with Crippen molar-refractivity contribution in [1.29, 1.82) is 0 Å². The van der Waals surface area contributed by atoms with Crippen molar-refractivity contribution in [3.63, 3.8) is 0 Å². The molecule has 28 heavy (non-hydrogen) atoms. The monoisotopic (exact) mass is 377 g/mol. The van der Waals surface area contributed by atoms with Crippen LogP contribution in [0.5, 0.6) is 5.75 Å². The standard InChI is InChI=1S/C22H19NO5/c1-14(24)15-8-5-9-18(10-15)23-21(25)13-28-22(26)19-11-16-6-3-4-7-17(16)12-20(19)27-2/h3-12H,13H2,1-2H3,(H,23,25). The van der Waals surface area contributed by atoms with Gasteiger partial charge in [0, 0.05) is 11.3 Å². The Balaban J connectivity index is 1.68. The maximum atomic E-state index is 12.4. The molecule has 0 unspecified atom stereocenters. The van der Waals surface area contributed by atoms with Crippen LogP contribution in [-0.2, 0) is 9.53 Å². The van der Waals surface area contributed by atoms with Gasteiger partial charge in [-0.3, -0.25) is 9.59 Å². The van der Waals surface area contributed by atoms with E-state index in [2.05, 4.69) is 5.32 Å². The first-order valence-electron chi connectivity index (χ1n) is 8.62. The van der Waals surface area contributed by atoms with E-state index in [1.165, 1.54) is 14.0 Å². The summed E-state index contributed by atoms with van der Waals surface area (Å²) in [7, 11) is 1.47. The quantitative estimate of drug-likeness (QED) is 0.521. The van der Waals surface area contributed by atoms with Crippen LogP contribution in [0.2, 0.25) is 0 Å². The zero-order valence-corrected chi connectivity index (χ0v) is 15.5. The van der Waals surface area contributed by atoms with Crippen LogP contribution < -0.4 is 10.1 Å². The van der Waals surface area contributed by atoms with Crippen LogP contribution in [0.3, 0.4) is 0 Å². The number of carbonyl (C=O) groups is 3. The molecule has 0 saturated heterocycles. The van der Waals surface area contributed by atoms with Gasteiger partial charge in [0.1, 0.15) is 11.3 Å². The lowest BCUT2D eigenvalue weighted by molar-refractivity contribution is -0.119. The number of amides is 1. The molecule has 1 amide bonds. The summed E-state index contributed by atoms with van der Waals surface area (Å²) in [5.41, 5.74) is 1.18. The molecule has 0 aliphatic carbocycles. The summed E-state index contributed by atoms with van der Waals surface area (Å²) < 4.78 is 10.4. The van der Waals surface area contributed by atoms with Gasteiger partial charge in [-0.15, -0.1) is 0 Å². The Morgan fingerprint density at radius 3 is 2.32 bits per heavy atom. The van der Waals surface area contributed by atoms with Crippen molar-refractivity contribution < 1.29 is 23.9 Å². The highest BCUT2D eigenvalue weighted by Gasteiger charge is 2.17. The van der Waals surface area contributed by atoms with Gasteiger partial charge >= 0.3 is 5.97 Å². The van der Waals surface area contributed by atoms with Gasteiger partial charge < -0.3 is 14.8 Å². The lowest BCUT2D eigenvalue weighted by Gasteiger charge is -2.11. The summed E-state index contributed by atoms with van der Waals surface area (Å²) in [6.45, 7) is 0.985. The van der Waals surface area contributed by atoms with Crippen molar-refractivity contribution in [1.82, 2.24) is 0 Å². The average molecular weight is 377 g/mol. The fourth-order valence-corrected chi connectivity index (χ4v) is 2.77. The first-order chi connectivity index (χ1) is 13.5. The molecule has 0 aromatic heterocycles. The normalized spacial score (nSPS) is 10.4. The predicted molar refractivity (Wildman–Crippen MR) is 106 cm³/mol. The number of nitrogens with one attached hydrogen (secondary N) is 1. The van der Waals surface area contributed by atoms with E-state index >= 15 is 0 Å². The van der Waals surface area contributed by atoms with E-state index < -0.39 is 18.5 Å². The Morgan fingerprint density at radius 1 is 0.929 bits per heavy atom. The number of carbonyl (C=O) groups excluding carboxylic acids is 3. The summed E-state index contributed by atoms with van der Waals surface area (Å²) in [6, 6.07) is 17.5. The molecule has 1 N–H and O–H groups in total. The van der Waals surface area contributed by atoms with E-state index in [4.69, 9.17) is 9.47 Å². The Morgan fingerprint density at radius 2 is 1.64 bits per heavy atom. The van der Waals surface area contributed by atoms with Crippen molar-refractivity contribution in [2.24, 2.45) is 0 Å². The summed E-state index contributed by atoms with van der Waals surface area (Å²) in [6.07, 6.45) is 0. The Labute approximate surface area is 162 Å². The fraction of sp³-hybridized carbons (Fsp3) is 0.136. The van der Waals surface area contributed by atoms with Gasteiger partial charge in [-0.1, -0.05) is 36.4 Å². The highest BCUT2D eigenvalue weighted by molar-refractivity contribution is 6.01. The van der Waals surface area contributed by atoms with E-state index in [0.29, 0.717) is 17.0 Å². The second-order valence-corrected chi connectivity index (χ2v) is 6.16. The number of fused-ring (bicyclic) bond motifs is 1. The van der Waals surface area contributed by atoms with E-state index in [-0.39, 0.29) is 11.3 Å². The van der Waals surface area contributed by atoms with Crippen molar-refractivity contribution in [2.75, 3.05) is 19.0 Å². The van der Waals surface area contributed by atoms with Crippen LogP contribution in [0.15, 0.2) is 60.7 Å². The Hall–Kier alpha value is -3.67. The molecule has 0 atom stereocenters. The minimum atomic E-state index is -0.657. The molecule has 0 fully saturated rings. The third kappa shape index (κ3) is 4.35. The third-order valence-corrected chi connectivity index (χ3v) is 4.17. The molecule has 3 aromatic carbocycles. The summed E-state index contributed by atoms with van der Waals surface area (Å²) in [4.78, 5) is 35.9. The van der Waals surface area contributed by atoms with Gasteiger partial charge in [-0.05, 0) is 42.0 Å². The lowest BCUT2D eigenvalue weighted by atomic mass is 10.1. The number of hydrogen-bond donors (Lipinski definition) is 1. The number of esters is 1. The number of Topliss-reactive ketones (excluding diaryl/α,β-unsaturated/α-hetero) is 1. The number of ketones is 1. The first kappa shape index (κ1) is 19.1. The maximum Gasteiger partial charge on any atom is 0.342 e. The third-order valence-electron chi connectivity index (χ3n) is 4.17. The second kappa shape index (κ2) is 8.35. The summed E-state index contributed by atoms with van der Waals surface area (Å²) >= 11 is 0. The van der Waals surface area contributed by atoms with Crippen LogP contribution in [-0.4, -0.2) is 31.4 Å². The van der Waals surface area contributed by atoms with Gasteiger partial charge in [0.25, 0.3) is 5.91 Å². The van der Waals surface area contributed by atoms with E-state index in [1.54, 1.807) is 36.4 Å². The van der Waals surface area contributed by atoms with Crippen LogP contribution in [0, 0.1) is 0 Å². The van der Waals surface area contributed by atoms with E-state index in [1.807, 2.05) is 24.3 Å². The van der Waals surface area contributed by atoms with Crippen LogP contribution >= 0.6 is 0 Å². The smallest absolute Gasteiger partial charge is 0.342 e. The van der Waals surface area contributed by atoms with Crippen LogP contribution in [0.1, 0.15) is 27.6 Å². The first-order valence-corrected chi connectivity index (χ1v) is 8.62. The highest BCUT2D eigenvalue weighted by Crippen LogP contribution is 2.26. The lowest BCUT2D eigenvalue weighted by Crippen LogP contribution is -2.21. The molecule has 6 nitrogen and oxygen atoms in total. The number of hydrogen-bond acceptors (Lipinski definition) is 5. The minimum Gasteiger partial charge on any atom is -0.496 e. The van der Waals surface area contributed by atoms with Gasteiger partial charge in [0.15, 0.2) is 12.4 Å². The molecule has 142 valence electrons. The number of rotatable bonds is 6. The second-order valence-electron chi connectivity index (χ2n) is 6.16. The molecule has 0 saturated carbocycles. The van der Waals surface area contributed by atoms with Gasteiger partial charge in [0.2, 0.25) is 0 Å². The Bertz CT molecular complexity index is 1060. The number of methoxy groups -OCH3 is 1. The van der Waals surface area contributed by atoms with E-state index in [9.17, 15) is 14.4 Å². The summed E-state index contributed by atoms with van der Waals surface area (Å²) in [5.74, 6) is -0.895. The topological polar surface area (TPSA) is 81.7 Å². The molecule has 3 aromatic rings. The Kier molecular flexibility index (Phi) is 5.69. The molecular formula is C22H19NO5. The van der Waals surface area contributed by atoms with Gasteiger partial charge in [-0.25, -0.2) is 4.79 Å². The minimum absolute atomic E-state index is 0.106. The largest absolute Gasteiger partial charge is 0.496 e. The highest BCUT2D eigenvalue weighted by atomic mass is 16.5. The molecule has 3 rings (SSSR count). The zero-order chi connectivity index (χ0) is 20.1. The molecule has 0 bridgehead atoms. The van der Waals surface area contributed by atoms with E-state index in [0.717, 1.165) is 10.8 Å². The predicted octanol–water partition coefficient (Wildman–Crippen LogP) is 3.85. The molecule has 0 radical (unpaired) electrons. The van der Waals surface area contributed by atoms with Gasteiger partial charge in [-0.2, -0.15) is 0 Å². The number of ether oxygens (including phenoxy) is 2. The summed E-state index contributed by atoms with van der Waals surface area (Å²) in [5, 5.41) is 4.39. The molecular weight excluding hydrogens is 358 g/mol. The van der Waals surface area contributed by atoms with Gasteiger partial charge in [0.05, 0.1) is 7.11 Å². The molecule has 0 aliphatic rings. The fourth-order valence-electron chi connectivity index (χ4n) is 2.77. The van der Waals surface area contributed by atoms with Crippen molar-refractivity contribution in [2.45, 2.75) is 6.92 Å². The SMILES string of the molecule is COc1cc2ccccc2cc1C(=O)OCC(=O)Nc1cccc(C(C)=O)c1.